The minimum atomic E-state index is 0.287. The number of rotatable bonds is 1. The molecule has 1 heterocycles. The Morgan fingerprint density at radius 1 is 1.38 bits per heavy atom. The second-order valence-corrected chi connectivity index (χ2v) is 5.72. The van der Waals surface area contributed by atoms with Gasteiger partial charge in [-0.2, -0.15) is 0 Å². The van der Waals surface area contributed by atoms with Crippen molar-refractivity contribution in [1.82, 2.24) is 0 Å². The van der Waals surface area contributed by atoms with Crippen molar-refractivity contribution in [3.63, 3.8) is 0 Å². The van der Waals surface area contributed by atoms with Crippen LogP contribution in [0.2, 0.25) is 0 Å². The van der Waals surface area contributed by atoms with Gasteiger partial charge in [-0.3, -0.25) is 0 Å². The van der Waals surface area contributed by atoms with Crippen molar-refractivity contribution in [2.24, 2.45) is 0 Å². The zero-order valence-electron chi connectivity index (χ0n) is 11.2. The van der Waals surface area contributed by atoms with Crippen LogP contribution < -0.4 is 4.90 Å². The average molecular weight is 217 g/mol. The summed E-state index contributed by atoms with van der Waals surface area (Å²) in [5, 5.41) is 0. The summed E-state index contributed by atoms with van der Waals surface area (Å²) >= 11 is 0. The summed E-state index contributed by atoms with van der Waals surface area (Å²) in [6.45, 7) is 12.6. The van der Waals surface area contributed by atoms with Gasteiger partial charge in [0.1, 0.15) is 0 Å². The van der Waals surface area contributed by atoms with Crippen LogP contribution in [-0.2, 0) is 0 Å². The minimum Gasteiger partial charge on any atom is -0.366 e. The van der Waals surface area contributed by atoms with E-state index in [9.17, 15) is 0 Å². The van der Waals surface area contributed by atoms with Crippen LogP contribution in [0.15, 0.2) is 18.2 Å². The lowest BCUT2D eigenvalue weighted by molar-refractivity contribution is 0.381. The van der Waals surface area contributed by atoms with E-state index in [1.807, 2.05) is 0 Å². The molecule has 0 saturated carbocycles. The topological polar surface area (TPSA) is 3.24 Å². The van der Waals surface area contributed by atoms with Crippen LogP contribution >= 0.6 is 0 Å². The van der Waals surface area contributed by atoms with Gasteiger partial charge in [0.15, 0.2) is 0 Å². The number of benzene rings is 1. The molecule has 0 aromatic heterocycles. The fourth-order valence-electron chi connectivity index (χ4n) is 3.20. The second-order valence-electron chi connectivity index (χ2n) is 5.72. The van der Waals surface area contributed by atoms with Crippen LogP contribution in [0, 0.1) is 6.92 Å². The first-order valence-corrected chi connectivity index (χ1v) is 6.34. The number of hydrogen-bond donors (Lipinski definition) is 0. The highest BCUT2D eigenvalue weighted by Gasteiger charge is 2.35. The summed E-state index contributed by atoms with van der Waals surface area (Å²) < 4.78 is 0. The van der Waals surface area contributed by atoms with E-state index >= 15 is 0 Å². The van der Waals surface area contributed by atoms with Gasteiger partial charge >= 0.3 is 0 Å². The number of nitrogens with zero attached hydrogens (tertiary/aromatic N) is 1. The Hall–Kier alpha value is -0.980. The van der Waals surface area contributed by atoms with Gasteiger partial charge in [0.05, 0.1) is 0 Å². The first-order chi connectivity index (χ1) is 7.45. The van der Waals surface area contributed by atoms with Gasteiger partial charge in [-0.1, -0.05) is 19.1 Å². The first-order valence-electron chi connectivity index (χ1n) is 6.34. The van der Waals surface area contributed by atoms with Crippen molar-refractivity contribution in [2.75, 3.05) is 11.4 Å². The van der Waals surface area contributed by atoms with Crippen LogP contribution in [0.5, 0.6) is 0 Å². The number of hydrogen-bond acceptors (Lipinski definition) is 1. The van der Waals surface area contributed by atoms with E-state index in [1.165, 1.54) is 23.2 Å². The quantitative estimate of drug-likeness (QED) is 0.684. The molecule has 88 valence electrons. The molecule has 2 rings (SSSR count). The standard InChI is InChI=1S/C15H23N/c1-6-16-14-9-11(2)7-8-13(14)12(3)10-15(16,4)5/h7-9,12H,6,10H2,1-5H3. The molecule has 1 aromatic rings. The van der Waals surface area contributed by atoms with E-state index < -0.39 is 0 Å². The third-order valence-electron chi connectivity index (χ3n) is 3.86. The molecule has 1 nitrogen and oxygen atoms in total. The van der Waals surface area contributed by atoms with E-state index in [0.29, 0.717) is 5.92 Å². The predicted octanol–water partition coefficient (Wildman–Crippen LogP) is 4.11. The average Bonchev–Trinajstić information content (AvgIpc) is 2.16. The number of aryl methyl sites for hydroxylation is 1. The maximum absolute atomic E-state index is 2.55. The zero-order valence-corrected chi connectivity index (χ0v) is 11.2. The Morgan fingerprint density at radius 3 is 2.69 bits per heavy atom. The molecule has 0 N–H and O–H groups in total. The number of fused-ring (bicyclic) bond motifs is 1. The predicted molar refractivity (Wildman–Crippen MR) is 71.3 cm³/mol. The summed E-state index contributed by atoms with van der Waals surface area (Å²) in [5.74, 6) is 0.674. The summed E-state index contributed by atoms with van der Waals surface area (Å²) in [7, 11) is 0. The molecule has 0 aliphatic carbocycles. The minimum absolute atomic E-state index is 0.287. The van der Waals surface area contributed by atoms with Crippen LogP contribution in [-0.4, -0.2) is 12.1 Å². The van der Waals surface area contributed by atoms with Crippen molar-refractivity contribution in [3.05, 3.63) is 29.3 Å². The smallest absolute Gasteiger partial charge is 0.0408 e. The Morgan fingerprint density at radius 2 is 2.06 bits per heavy atom. The first kappa shape index (κ1) is 11.5. The lowest BCUT2D eigenvalue weighted by Crippen LogP contribution is -2.48. The van der Waals surface area contributed by atoms with E-state index in [4.69, 9.17) is 0 Å². The molecule has 1 heteroatoms. The van der Waals surface area contributed by atoms with Crippen LogP contribution in [0.4, 0.5) is 5.69 Å². The molecule has 0 radical (unpaired) electrons. The molecule has 16 heavy (non-hydrogen) atoms. The normalized spacial score (nSPS) is 23.1. The van der Waals surface area contributed by atoms with Gasteiger partial charge in [0.25, 0.3) is 0 Å². The fraction of sp³-hybridized carbons (Fsp3) is 0.600. The Labute approximate surface area is 99.5 Å². The SMILES string of the molecule is CCN1c2cc(C)ccc2C(C)CC1(C)C. The molecule has 0 bridgehead atoms. The zero-order chi connectivity index (χ0) is 11.9. The third kappa shape index (κ3) is 1.73. The van der Waals surface area contributed by atoms with E-state index in [1.54, 1.807) is 0 Å². The van der Waals surface area contributed by atoms with Crippen molar-refractivity contribution < 1.29 is 0 Å². The molecule has 1 aromatic carbocycles. The maximum atomic E-state index is 2.55. The van der Waals surface area contributed by atoms with Gasteiger partial charge < -0.3 is 4.90 Å². The summed E-state index contributed by atoms with van der Waals surface area (Å²) in [6, 6.07) is 6.89. The summed E-state index contributed by atoms with van der Waals surface area (Å²) in [6.07, 6.45) is 1.25. The molecule has 1 aliphatic rings. The van der Waals surface area contributed by atoms with Crippen molar-refractivity contribution in [2.45, 2.75) is 52.5 Å². The maximum Gasteiger partial charge on any atom is 0.0408 e. The molecular weight excluding hydrogens is 194 g/mol. The second kappa shape index (κ2) is 3.80. The van der Waals surface area contributed by atoms with E-state index in [0.717, 1.165) is 6.54 Å². The Kier molecular flexibility index (Phi) is 2.73. The molecule has 0 saturated heterocycles. The van der Waals surface area contributed by atoms with E-state index in [-0.39, 0.29) is 5.54 Å². The van der Waals surface area contributed by atoms with Gasteiger partial charge in [-0.15, -0.1) is 0 Å². The summed E-state index contributed by atoms with van der Waals surface area (Å²) in [4.78, 5) is 2.55. The van der Waals surface area contributed by atoms with Gasteiger partial charge in [0.2, 0.25) is 0 Å². The van der Waals surface area contributed by atoms with Crippen LogP contribution in [0.1, 0.15) is 51.2 Å². The monoisotopic (exact) mass is 217 g/mol. The molecule has 0 fully saturated rings. The summed E-state index contributed by atoms with van der Waals surface area (Å²) in [5.41, 5.74) is 4.62. The number of anilines is 1. The van der Waals surface area contributed by atoms with Crippen LogP contribution in [0.25, 0.3) is 0 Å². The molecule has 0 amide bonds. The highest BCUT2D eigenvalue weighted by atomic mass is 15.2. The fourth-order valence-corrected chi connectivity index (χ4v) is 3.20. The molecule has 1 unspecified atom stereocenters. The van der Waals surface area contributed by atoms with Crippen molar-refractivity contribution in [1.29, 1.82) is 0 Å². The van der Waals surface area contributed by atoms with Crippen molar-refractivity contribution in [3.8, 4) is 0 Å². The Balaban J connectivity index is 2.55. The van der Waals surface area contributed by atoms with E-state index in [2.05, 4.69) is 57.7 Å². The van der Waals surface area contributed by atoms with Crippen molar-refractivity contribution >= 4 is 5.69 Å². The lowest BCUT2D eigenvalue weighted by atomic mass is 9.80. The van der Waals surface area contributed by atoms with Crippen LogP contribution in [0.3, 0.4) is 0 Å². The van der Waals surface area contributed by atoms with Gasteiger partial charge in [-0.05, 0) is 57.2 Å². The van der Waals surface area contributed by atoms with Gasteiger partial charge in [-0.25, -0.2) is 0 Å². The lowest BCUT2D eigenvalue weighted by Gasteiger charge is -2.47. The Bertz CT molecular complexity index is 392. The highest BCUT2D eigenvalue weighted by Crippen LogP contribution is 2.43. The molecule has 0 spiro atoms. The van der Waals surface area contributed by atoms with Gasteiger partial charge in [0, 0.05) is 17.8 Å². The molecule has 1 atom stereocenters. The molecular formula is C15H23N. The largest absolute Gasteiger partial charge is 0.366 e. The highest BCUT2D eigenvalue weighted by molar-refractivity contribution is 5.60. The molecule has 1 aliphatic heterocycles. The third-order valence-corrected chi connectivity index (χ3v) is 3.86.